The fraction of sp³-hybridized carbons (Fsp3) is 0.286. The van der Waals surface area contributed by atoms with E-state index in [1.54, 1.807) is 0 Å². The van der Waals surface area contributed by atoms with Gasteiger partial charge < -0.3 is 60.3 Å². The third-order valence-corrected chi connectivity index (χ3v) is 9.27. The van der Waals surface area contributed by atoms with Gasteiger partial charge in [-0.2, -0.15) is 0 Å². The molecular weight excluding hydrogens is 822 g/mol. The lowest BCUT2D eigenvalue weighted by Gasteiger charge is -2.25. The van der Waals surface area contributed by atoms with Gasteiger partial charge in [-0.3, -0.25) is 28.8 Å². The van der Waals surface area contributed by atoms with Crippen LogP contribution in [0.3, 0.4) is 0 Å². The van der Waals surface area contributed by atoms with Crippen molar-refractivity contribution < 1.29 is 72.2 Å². The molecule has 0 saturated heterocycles. The predicted molar refractivity (Wildman–Crippen MR) is 218 cm³/mol. The van der Waals surface area contributed by atoms with Crippen molar-refractivity contribution in [3.05, 3.63) is 88.1 Å². The highest BCUT2D eigenvalue weighted by molar-refractivity contribution is 6.03. The minimum atomic E-state index is -1.39. The molecule has 1 aliphatic heterocycles. The van der Waals surface area contributed by atoms with E-state index in [-0.39, 0.29) is 81.8 Å². The van der Waals surface area contributed by atoms with Crippen LogP contribution in [0.4, 0.5) is 20.2 Å². The first-order chi connectivity index (χ1) is 29.5. The standard InChI is InChI=1S/C42H42F2N4O14/c43-27-15-25-34(17-31(27)49)62-35-18-32(50)28(44)16-26(35)42(25)24-5-6-29(47(19-38(52)53)20-39(54)55)36(14-24)61-11-10-60-33-7-4-23(13-37(51)46-9-3-1-2-8-45)12-30(33)48(21-40(56)57)22-41(58)59/h4-7,12,14-18,49H,1-3,8-11,13,19-22,45H2,(H,46,51)(H,52,53)(H,54,55)(H,56,57)(H,58,59). The first kappa shape index (κ1) is 45.6. The van der Waals surface area contributed by atoms with E-state index in [0.29, 0.717) is 25.1 Å². The number of ether oxygens (including phenoxy) is 2. The fourth-order valence-electron chi connectivity index (χ4n) is 6.63. The number of benzene rings is 4. The molecule has 1 aliphatic carbocycles. The maximum absolute atomic E-state index is 14.8. The van der Waals surface area contributed by atoms with Crippen LogP contribution < -0.4 is 35.8 Å². The Balaban J connectivity index is 1.51. The lowest BCUT2D eigenvalue weighted by molar-refractivity contribution is -0.138. The summed E-state index contributed by atoms with van der Waals surface area (Å²) in [6.45, 7) is -2.88. The molecule has 0 unspecified atom stereocenters. The van der Waals surface area contributed by atoms with E-state index in [9.17, 15) is 63.1 Å². The van der Waals surface area contributed by atoms with E-state index in [2.05, 4.69) is 5.32 Å². The summed E-state index contributed by atoms with van der Waals surface area (Å²) >= 11 is 0. The zero-order valence-electron chi connectivity index (χ0n) is 32.9. The van der Waals surface area contributed by atoms with Gasteiger partial charge in [-0.25, -0.2) is 8.78 Å². The second-order valence-electron chi connectivity index (χ2n) is 13.9. The molecule has 0 bridgehead atoms. The van der Waals surface area contributed by atoms with Crippen molar-refractivity contribution in [1.29, 1.82) is 0 Å². The van der Waals surface area contributed by atoms with Crippen molar-refractivity contribution in [2.75, 3.05) is 62.3 Å². The Bertz CT molecular complexity index is 2480. The number of hydrogen-bond donors (Lipinski definition) is 7. The van der Waals surface area contributed by atoms with Gasteiger partial charge in [0.05, 0.1) is 17.8 Å². The Labute approximate surface area is 350 Å². The van der Waals surface area contributed by atoms with E-state index < -0.39 is 72.9 Å². The molecule has 62 heavy (non-hydrogen) atoms. The number of anilines is 2. The van der Waals surface area contributed by atoms with E-state index in [4.69, 9.17) is 19.6 Å². The number of carbonyl (C=O) groups is 5. The van der Waals surface area contributed by atoms with Crippen LogP contribution in [0.1, 0.15) is 24.8 Å². The summed E-state index contributed by atoms with van der Waals surface area (Å²) in [4.78, 5) is 74.2. The topological polar surface area (TPSA) is 280 Å². The molecule has 328 valence electrons. The number of unbranched alkanes of at least 4 members (excludes halogenated alkanes) is 2. The van der Waals surface area contributed by atoms with Crippen LogP contribution >= 0.6 is 0 Å². The van der Waals surface area contributed by atoms with E-state index >= 15 is 0 Å². The number of phenolic OH excluding ortho intramolecular Hbond substituents is 1. The Hall–Kier alpha value is -7.48. The number of nitrogens with zero attached hydrogens (tertiary/aromatic N) is 2. The van der Waals surface area contributed by atoms with E-state index in [1.165, 1.54) is 36.4 Å². The third-order valence-electron chi connectivity index (χ3n) is 9.27. The summed E-state index contributed by atoms with van der Waals surface area (Å²) in [5, 5.41) is 51.4. The minimum Gasteiger partial charge on any atom is -0.505 e. The molecule has 0 saturated carbocycles. The summed E-state index contributed by atoms with van der Waals surface area (Å²) in [6.07, 6.45) is 2.21. The molecule has 1 amide bonds. The number of aliphatic carboxylic acids is 4. The Morgan fingerprint density at radius 3 is 1.97 bits per heavy atom. The molecule has 0 radical (unpaired) electrons. The van der Waals surface area contributed by atoms with Gasteiger partial charge in [0.25, 0.3) is 0 Å². The van der Waals surface area contributed by atoms with Gasteiger partial charge in [0.1, 0.15) is 62.2 Å². The minimum absolute atomic E-state index is 0.00195. The first-order valence-electron chi connectivity index (χ1n) is 19.0. The highest BCUT2D eigenvalue weighted by atomic mass is 19.1. The van der Waals surface area contributed by atoms with Crippen molar-refractivity contribution >= 4 is 52.1 Å². The number of carbonyl (C=O) groups excluding carboxylic acids is 1. The highest BCUT2D eigenvalue weighted by Crippen LogP contribution is 2.44. The van der Waals surface area contributed by atoms with Gasteiger partial charge in [-0.15, -0.1) is 0 Å². The molecule has 1 heterocycles. The molecule has 3 aromatic rings. The number of amides is 1. The quantitative estimate of drug-likeness (QED) is 0.0364. The molecule has 18 nitrogen and oxygen atoms in total. The molecule has 3 aromatic carbocycles. The van der Waals surface area contributed by atoms with Crippen LogP contribution in [0.5, 0.6) is 17.2 Å². The van der Waals surface area contributed by atoms with Gasteiger partial charge in [0.2, 0.25) is 11.3 Å². The fourth-order valence-corrected chi connectivity index (χ4v) is 6.63. The lowest BCUT2D eigenvalue weighted by atomic mass is 9.93. The average molecular weight is 865 g/mol. The van der Waals surface area contributed by atoms with Gasteiger partial charge >= 0.3 is 23.9 Å². The number of rotatable bonds is 23. The predicted octanol–water partition coefficient (Wildman–Crippen LogP) is 3.75. The molecule has 0 atom stereocenters. The molecule has 0 fully saturated rings. The zero-order chi connectivity index (χ0) is 45.1. The normalized spacial score (nSPS) is 11.0. The van der Waals surface area contributed by atoms with Crippen LogP contribution in [0.15, 0.2) is 69.9 Å². The number of carboxylic acids is 4. The van der Waals surface area contributed by atoms with Gasteiger partial charge in [0, 0.05) is 35.2 Å². The van der Waals surface area contributed by atoms with Crippen molar-refractivity contribution in [3.63, 3.8) is 0 Å². The van der Waals surface area contributed by atoms with Gasteiger partial charge in [-0.05, 0) is 66.9 Å². The second kappa shape index (κ2) is 20.7. The smallest absolute Gasteiger partial charge is 0.323 e. The number of nitrogens with two attached hydrogens (primary N) is 1. The molecule has 2 aliphatic rings. The summed E-state index contributed by atoms with van der Waals surface area (Å²) in [6, 6.07) is 12.1. The maximum atomic E-state index is 14.8. The van der Waals surface area contributed by atoms with Crippen LogP contribution in [0.25, 0.3) is 33.4 Å². The molecule has 0 spiro atoms. The van der Waals surface area contributed by atoms with E-state index in [0.717, 1.165) is 46.9 Å². The van der Waals surface area contributed by atoms with Crippen molar-refractivity contribution in [2.24, 2.45) is 5.73 Å². The number of phenols is 1. The highest BCUT2D eigenvalue weighted by Gasteiger charge is 2.25. The number of aromatic hydroxyl groups is 1. The number of halogens is 2. The summed E-state index contributed by atoms with van der Waals surface area (Å²) in [5.41, 5.74) is 5.05. The van der Waals surface area contributed by atoms with Crippen molar-refractivity contribution in [3.8, 4) is 39.7 Å². The number of hydrogen-bond acceptors (Lipinski definition) is 13. The summed E-state index contributed by atoms with van der Waals surface area (Å²) in [7, 11) is 0. The monoisotopic (exact) mass is 864 g/mol. The zero-order valence-corrected chi connectivity index (χ0v) is 32.9. The lowest BCUT2D eigenvalue weighted by Crippen LogP contribution is -2.35. The number of nitrogens with one attached hydrogen (secondary N) is 1. The molecule has 8 N–H and O–H groups in total. The Kier molecular flexibility index (Phi) is 15.2. The molecular formula is C42H42F2N4O14. The first-order valence-corrected chi connectivity index (χ1v) is 19.0. The van der Waals surface area contributed by atoms with Crippen LogP contribution in [-0.4, -0.2) is 108 Å². The largest absolute Gasteiger partial charge is 0.505 e. The maximum Gasteiger partial charge on any atom is 0.323 e. The number of carboxylic acid groups (broad SMARTS) is 4. The molecule has 0 aromatic heterocycles. The molecule has 5 rings (SSSR count). The van der Waals surface area contributed by atoms with Crippen molar-refractivity contribution in [2.45, 2.75) is 25.7 Å². The second-order valence-corrected chi connectivity index (χ2v) is 13.9. The van der Waals surface area contributed by atoms with Crippen LogP contribution in [0, 0.1) is 11.6 Å². The van der Waals surface area contributed by atoms with Crippen LogP contribution in [-0.2, 0) is 30.4 Å². The number of fused-ring (bicyclic) bond motifs is 2. The average Bonchev–Trinajstić information content (AvgIpc) is 3.19. The Morgan fingerprint density at radius 1 is 0.710 bits per heavy atom. The molecule has 20 heteroatoms. The van der Waals surface area contributed by atoms with Gasteiger partial charge in [-0.1, -0.05) is 18.6 Å². The Morgan fingerprint density at radius 2 is 1.34 bits per heavy atom. The van der Waals surface area contributed by atoms with Crippen LogP contribution in [0.2, 0.25) is 0 Å². The summed E-state index contributed by atoms with van der Waals surface area (Å²) in [5.74, 6) is -9.12. The SMILES string of the molecule is NCCCCCNC(=O)Cc1ccc(OCCOc2cc(-c3c4cc(F)c(=O)cc-4oc4cc(O)c(F)cc34)ccc2N(CC(=O)O)CC(=O)O)c(N(CC(=O)O)CC(=O)O)c1. The van der Waals surface area contributed by atoms with Gasteiger partial charge in [0.15, 0.2) is 17.4 Å². The summed E-state index contributed by atoms with van der Waals surface area (Å²) < 4.78 is 47.4. The van der Waals surface area contributed by atoms with E-state index in [1.807, 2.05) is 0 Å². The van der Waals surface area contributed by atoms with Crippen molar-refractivity contribution in [1.82, 2.24) is 5.32 Å². The third kappa shape index (κ3) is 11.8.